The Balaban J connectivity index is 1.38. The summed E-state index contributed by atoms with van der Waals surface area (Å²) in [5.74, 6) is 2.93. The summed E-state index contributed by atoms with van der Waals surface area (Å²) in [5, 5.41) is 0. The number of likely N-dealkylation sites (tertiary alicyclic amines) is 2. The van der Waals surface area contributed by atoms with Gasteiger partial charge in [0.2, 0.25) is 0 Å². The molecule has 3 aliphatic carbocycles. The van der Waals surface area contributed by atoms with Gasteiger partial charge in [-0.1, -0.05) is 25.5 Å². The molecule has 170 valence electrons. The van der Waals surface area contributed by atoms with Crippen LogP contribution in [-0.2, 0) is 0 Å². The fourth-order valence-electron chi connectivity index (χ4n) is 9.84. The third kappa shape index (κ3) is 3.10. The van der Waals surface area contributed by atoms with Gasteiger partial charge < -0.3 is 8.97 Å². The van der Waals surface area contributed by atoms with Gasteiger partial charge in [-0.05, 0) is 62.7 Å². The molecule has 2 nitrogen and oxygen atoms in total. The Morgan fingerprint density at radius 1 is 0.933 bits per heavy atom. The molecule has 2 aliphatic heterocycles. The summed E-state index contributed by atoms with van der Waals surface area (Å²) < 4.78 is 2.77. The van der Waals surface area contributed by atoms with Crippen LogP contribution in [0, 0.1) is 28.6 Å². The summed E-state index contributed by atoms with van der Waals surface area (Å²) in [6.45, 7) is 18.7. The maximum absolute atomic E-state index is 2.81. The Labute approximate surface area is 187 Å². The van der Waals surface area contributed by atoms with Crippen molar-refractivity contribution in [3.63, 3.8) is 0 Å². The van der Waals surface area contributed by atoms with Crippen molar-refractivity contribution < 1.29 is 8.97 Å². The molecule has 0 amide bonds. The molecular weight excluding hydrogens is 364 g/mol. The lowest BCUT2D eigenvalue weighted by Crippen LogP contribution is -2.62. The minimum Gasteiger partial charge on any atom is -0.326 e. The van der Waals surface area contributed by atoms with Gasteiger partial charge in [0.15, 0.2) is 0 Å². The second-order valence-corrected chi connectivity index (χ2v) is 13.1. The number of quaternary nitrogens is 2. The van der Waals surface area contributed by atoms with Gasteiger partial charge >= 0.3 is 0 Å². The minimum atomic E-state index is 0.526. The summed E-state index contributed by atoms with van der Waals surface area (Å²) >= 11 is 0. The Bertz CT molecular complexity index is 691. The molecule has 0 N–H and O–H groups in total. The lowest BCUT2D eigenvalue weighted by Gasteiger charge is -2.62. The molecule has 2 heterocycles. The second-order valence-electron chi connectivity index (χ2n) is 13.1. The predicted molar refractivity (Wildman–Crippen MR) is 127 cm³/mol. The lowest BCUT2D eigenvalue weighted by molar-refractivity contribution is -0.939. The molecule has 0 bridgehead atoms. The first-order chi connectivity index (χ1) is 14.3. The van der Waals surface area contributed by atoms with Crippen LogP contribution in [0.1, 0.15) is 85.5 Å². The van der Waals surface area contributed by atoms with Crippen molar-refractivity contribution in [3.8, 4) is 0 Å². The molecule has 0 spiro atoms. The number of allylic oxidation sites excluding steroid dienone is 1. The monoisotopic (exact) mass is 414 g/mol. The van der Waals surface area contributed by atoms with E-state index in [2.05, 4.69) is 40.8 Å². The van der Waals surface area contributed by atoms with Crippen molar-refractivity contribution in [1.29, 1.82) is 0 Å². The quantitative estimate of drug-likeness (QED) is 0.391. The molecule has 2 saturated heterocycles. The Hall–Kier alpha value is -0.340. The van der Waals surface area contributed by atoms with E-state index < -0.39 is 0 Å². The molecule has 7 atom stereocenters. The molecule has 0 aromatic rings. The summed E-state index contributed by atoms with van der Waals surface area (Å²) in [6.07, 6.45) is 16.1. The first-order valence-corrected chi connectivity index (χ1v) is 13.7. The van der Waals surface area contributed by atoms with Gasteiger partial charge in [0.05, 0.1) is 52.4 Å². The Morgan fingerprint density at radius 2 is 1.70 bits per heavy atom. The third-order valence-electron chi connectivity index (χ3n) is 11.9. The highest BCUT2D eigenvalue weighted by Gasteiger charge is 2.59. The van der Waals surface area contributed by atoms with Crippen molar-refractivity contribution in [2.75, 3.05) is 46.3 Å². The SMILES string of the molecule is CC[N+]1(C)CC[C@H]2[C@@H]3CC=C4C[C@@H]([N+]5(CC)CCCC5)CC[C@]4(C)[C@H]3CC[C@]2(C)C1. The van der Waals surface area contributed by atoms with Gasteiger partial charge in [-0.3, -0.25) is 0 Å². The predicted octanol–water partition coefficient (Wildman–Crippen LogP) is 6.02. The zero-order valence-corrected chi connectivity index (χ0v) is 20.9. The number of fused-ring (bicyclic) bond motifs is 5. The van der Waals surface area contributed by atoms with Gasteiger partial charge in [-0.25, -0.2) is 0 Å². The maximum atomic E-state index is 2.81. The fraction of sp³-hybridized carbons (Fsp3) is 0.929. The van der Waals surface area contributed by atoms with Crippen LogP contribution in [0.15, 0.2) is 11.6 Å². The van der Waals surface area contributed by atoms with E-state index in [4.69, 9.17) is 0 Å². The zero-order chi connectivity index (χ0) is 21.2. The third-order valence-corrected chi connectivity index (χ3v) is 11.9. The number of rotatable bonds is 3. The average molecular weight is 415 g/mol. The van der Waals surface area contributed by atoms with E-state index in [1.54, 1.807) is 0 Å². The van der Waals surface area contributed by atoms with E-state index in [0.717, 1.165) is 23.8 Å². The van der Waals surface area contributed by atoms with Crippen LogP contribution in [0.5, 0.6) is 0 Å². The molecule has 2 saturated carbocycles. The largest absolute Gasteiger partial charge is 0.326 e. The van der Waals surface area contributed by atoms with Gasteiger partial charge in [0.25, 0.3) is 0 Å². The second kappa shape index (κ2) is 7.34. The van der Waals surface area contributed by atoms with E-state index >= 15 is 0 Å². The summed E-state index contributed by atoms with van der Waals surface area (Å²) in [5.41, 5.74) is 3.03. The minimum absolute atomic E-state index is 0.526. The van der Waals surface area contributed by atoms with Crippen molar-refractivity contribution in [2.24, 2.45) is 28.6 Å². The van der Waals surface area contributed by atoms with Gasteiger partial charge in [-0.2, -0.15) is 0 Å². The Kier molecular flexibility index (Phi) is 5.26. The van der Waals surface area contributed by atoms with Gasteiger partial charge in [-0.15, -0.1) is 0 Å². The molecule has 30 heavy (non-hydrogen) atoms. The van der Waals surface area contributed by atoms with Crippen molar-refractivity contribution in [3.05, 3.63) is 11.6 Å². The molecule has 0 aromatic heterocycles. The standard InChI is InChI=1S/C28H50N2/c1-6-29(5)19-14-25-24-11-10-22-20-23(30(7-2)17-8-9-18-30)12-16-28(22,4)26(24)13-15-27(25,3)21-29/h10,23-26H,6-9,11-21H2,1-5H3/q+2/t23-,24-,25-,26-,27+,28-,29?/m0/s1. The number of hydrogen-bond donors (Lipinski definition) is 0. The van der Waals surface area contributed by atoms with E-state index in [0.29, 0.717) is 10.8 Å². The Morgan fingerprint density at radius 3 is 2.40 bits per heavy atom. The summed E-state index contributed by atoms with van der Waals surface area (Å²) in [4.78, 5) is 0. The number of piperidine rings is 1. The lowest BCUT2D eigenvalue weighted by atomic mass is 9.46. The molecule has 0 aromatic carbocycles. The highest BCUT2D eigenvalue weighted by atomic mass is 15.4. The zero-order valence-electron chi connectivity index (χ0n) is 20.9. The summed E-state index contributed by atoms with van der Waals surface area (Å²) in [7, 11) is 2.53. The molecule has 5 rings (SSSR count). The van der Waals surface area contributed by atoms with Crippen LogP contribution in [0.3, 0.4) is 0 Å². The van der Waals surface area contributed by atoms with Crippen molar-refractivity contribution >= 4 is 0 Å². The summed E-state index contributed by atoms with van der Waals surface area (Å²) in [6, 6.07) is 0.930. The van der Waals surface area contributed by atoms with Gasteiger partial charge in [0, 0.05) is 37.5 Å². The molecular formula is C28H50N2+2. The molecule has 5 aliphatic rings. The van der Waals surface area contributed by atoms with E-state index in [1.807, 2.05) is 5.57 Å². The van der Waals surface area contributed by atoms with Gasteiger partial charge in [0.1, 0.15) is 0 Å². The van der Waals surface area contributed by atoms with Crippen molar-refractivity contribution in [1.82, 2.24) is 0 Å². The molecule has 0 radical (unpaired) electrons. The molecule has 2 heteroatoms. The first kappa shape index (κ1) is 21.5. The van der Waals surface area contributed by atoms with Crippen molar-refractivity contribution in [2.45, 2.75) is 91.5 Å². The highest BCUT2D eigenvalue weighted by Crippen LogP contribution is 2.63. The maximum Gasteiger partial charge on any atom is 0.0928 e. The van der Waals surface area contributed by atoms with E-state index in [1.165, 1.54) is 106 Å². The van der Waals surface area contributed by atoms with Crippen LogP contribution in [-0.4, -0.2) is 61.3 Å². The van der Waals surface area contributed by atoms with Crippen LogP contribution < -0.4 is 0 Å². The number of hydrogen-bond acceptors (Lipinski definition) is 0. The fourth-order valence-corrected chi connectivity index (χ4v) is 9.84. The van der Waals surface area contributed by atoms with Crippen LogP contribution in [0.4, 0.5) is 0 Å². The van der Waals surface area contributed by atoms with Crippen LogP contribution in [0.25, 0.3) is 0 Å². The van der Waals surface area contributed by atoms with E-state index in [-0.39, 0.29) is 0 Å². The van der Waals surface area contributed by atoms with Crippen LogP contribution >= 0.6 is 0 Å². The highest BCUT2D eigenvalue weighted by molar-refractivity contribution is 5.25. The number of nitrogens with zero attached hydrogens (tertiary/aromatic N) is 2. The topological polar surface area (TPSA) is 0 Å². The van der Waals surface area contributed by atoms with E-state index in [9.17, 15) is 0 Å². The molecule has 1 unspecified atom stereocenters. The van der Waals surface area contributed by atoms with Crippen LogP contribution in [0.2, 0.25) is 0 Å². The first-order valence-electron chi connectivity index (χ1n) is 13.7. The average Bonchev–Trinajstić information content (AvgIpc) is 3.22. The molecule has 4 fully saturated rings. The smallest absolute Gasteiger partial charge is 0.0928 e. The normalized spacial score (nSPS) is 50.2.